The quantitative estimate of drug-likeness (QED) is 0.295. The van der Waals surface area contributed by atoms with Crippen LogP contribution >= 0.6 is 0 Å². The van der Waals surface area contributed by atoms with Gasteiger partial charge in [-0.15, -0.1) is 0 Å². The van der Waals surface area contributed by atoms with E-state index in [1.54, 1.807) is 13.2 Å². The molecule has 0 unspecified atom stereocenters. The number of benzene rings is 2. The van der Waals surface area contributed by atoms with Crippen molar-refractivity contribution in [1.29, 1.82) is 0 Å². The molecule has 2 rings (SSSR count). The number of unbranched alkanes of at least 4 members (excludes halogenated alkanes) is 7. The van der Waals surface area contributed by atoms with Gasteiger partial charge in [0.2, 0.25) is 0 Å². The summed E-state index contributed by atoms with van der Waals surface area (Å²) in [6.45, 7) is 3.74. The van der Waals surface area contributed by atoms with Crippen molar-refractivity contribution in [3.05, 3.63) is 48.5 Å². The number of nitrogens with one attached hydrogen (secondary N) is 2. The second kappa shape index (κ2) is 15.8. The smallest absolute Gasteiger partial charge is 0.319 e. The first kappa shape index (κ1) is 25.4. The summed E-state index contributed by atoms with van der Waals surface area (Å²) in [6, 6.07) is 14.5. The van der Waals surface area contributed by atoms with E-state index < -0.39 is 0 Å². The largest absolute Gasteiger partial charge is 0.497 e. The standard InChI is InChI=1S/C26H38N2O4/c1-3-4-5-6-7-8-9-10-19-31-23-16-14-22(15-17-23)28-26(29)27-18-20-32-25-13-11-12-24(21-25)30-2/h11-17,21H,3-10,18-20H2,1-2H3,(H2,27,28,29). The molecule has 6 nitrogen and oxygen atoms in total. The maximum Gasteiger partial charge on any atom is 0.319 e. The Bertz CT molecular complexity index is 765. The van der Waals surface area contributed by atoms with Crippen LogP contribution in [0.5, 0.6) is 17.2 Å². The molecule has 2 aromatic carbocycles. The van der Waals surface area contributed by atoms with Crippen LogP contribution in [-0.2, 0) is 0 Å². The molecule has 0 saturated carbocycles. The predicted molar refractivity (Wildman–Crippen MR) is 130 cm³/mol. The normalized spacial score (nSPS) is 10.4. The zero-order valence-electron chi connectivity index (χ0n) is 19.5. The van der Waals surface area contributed by atoms with Gasteiger partial charge in [0.15, 0.2) is 0 Å². The van der Waals surface area contributed by atoms with Crippen LogP contribution < -0.4 is 24.8 Å². The van der Waals surface area contributed by atoms with Crippen molar-refractivity contribution >= 4 is 11.7 Å². The Hall–Kier alpha value is -2.89. The Kier molecular flexibility index (Phi) is 12.6. The van der Waals surface area contributed by atoms with Gasteiger partial charge >= 0.3 is 6.03 Å². The van der Waals surface area contributed by atoms with E-state index in [4.69, 9.17) is 14.2 Å². The van der Waals surface area contributed by atoms with Crippen LogP contribution in [0.3, 0.4) is 0 Å². The summed E-state index contributed by atoms with van der Waals surface area (Å²) < 4.78 is 16.6. The number of carbonyl (C=O) groups is 1. The molecule has 0 spiro atoms. The molecule has 32 heavy (non-hydrogen) atoms. The van der Waals surface area contributed by atoms with Gasteiger partial charge in [0, 0.05) is 11.8 Å². The van der Waals surface area contributed by atoms with Crippen molar-refractivity contribution in [3.63, 3.8) is 0 Å². The third-order valence-electron chi connectivity index (χ3n) is 5.08. The molecule has 2 N–H and O–H groups in total. The third kappa shape index (κ3) is 10.9. The topological polar surface area (TPSA) is 68.8 Å². The van der Waals surface area contributed by atoms with Crippen molar-refractivity contribution in [2.75, 3.05) is 32.2 Å². The molecule has 0 heterocycles. The van der Waals surface area contributed by atoms with E-state index in [0.717, 1.165) is 30.2 Å². The predicted octanol–water partition coefficient (Wildman–Crippen LogP) is 6.42. The summed E-state index contributed by atoms with van der Waals surface area (Å²) in [7, 11) is 1.61. The number of rotatable bonds is 16. The molecule has 0 fully saturated rings. The van der Waals surface area contributed by atoms with E-state index in [-0.39, 0.29) is 6.03 Å². The Labute approximate surface area is 192 Å². The van der Waals surface area contributed by atoms with Gasteiger partial charge in [-0.2, -0.15) is 0 Å². The fourth-order valence-corrected chi connectivity index (χ4v) is 3.26. The van der Waals surface area contributed by atoms with E-state index in [1.807, 2.05) is 42.5 Å². The first-order valence-corrected chi connectivity index (χ1v) is 11.8. The van der Waals surface area contributed by atoms with Crippen molar-refractivity contribution in [1.82, 2.24) is 5.32 Å². The maximum atomic E-state index is 12.0. The Morgan fingerprint density at radius 1 is 0.781 bits per heavy atom. The fourth-order valence-electron chi connectivity index (χ4n) is 3.26. The number of hydrogen-bond donors (Lipinski definition) is 2. The lowest BCUT2D eigenvalue weighted by Gasteiger charge is -2.10. The average molecular weight is 443 g/mol. The molecule has 0 bridgehead atoms. The zero-order valence-corrected chi connectivity index (χ0v) is 19.5. The summed E-state index contributed by atoms with van der Waals surface area (Å²) in [6.07, 6.45) is 10.3. The van der Waals surface area contributed by atoms with Gasteiger partial charge in [0.05, 0.1) is 20.3 Å². The molecule has 0 aliphatic carbocycles. The molecule has 0 aliphatic heterocycles. The lowest BCUT2D eigenvalue weighted by Crippen LogP contribution is -2.32. The van der Waals surface area contributed by atoms with Crippen LogP contribution in [0.25, 0.3) is 0 Å². The van der Waals surface area contributed by atoms with Crippen molar-refractivity contribution in [2.45, 2.75) is 58.3 Å². The van der Waals surface area contributed by atoms with Gasteiger partial charge in [0.1, 0.15) is 23.9 Å². The second-order valence-corrected chi connectivity index (χ2v) is 7.76. The Morgan fingerprint density at radius 2 is 1.44 bits per heavy atom. The molecule has 0 atom stereocenters. The molecule has 0 radical (unpaired) electrons. The highest BCUT2D eigenvalue weighted by Crippen LogP contribution is 2.19. The second-order valence-electron chi connectivity index (χ2n) is 7.76. The van der Waals surface area contributed by atoms with Crippen LogP contribution in [0, 0.1) is 0 Å². The molecule has 176 valence electrons. The summed E-state index contributed by atoms with van der Waals surface area (Å²) in [5, 5.41) is 5.59. The SMILES string of the molecule is CCCCCCCCCCOc1ccc(NC(=O)NCCOc2cccc(OC)c2)cc1. The lowest BCUT2D eigenvalue weighted by atomic mass is 10.1. The Morgan fingerprint density at radius 3 is 2.16 bits per heavy atom. The first-order chi connectivity index (χ1) is 15.7. The average Bonchev–Trinajstić information content (AvgIpc) is 2.82. The van der Waals surface area contributed by atoms with Crippen molar-refractivity contribution < 1.29 is 19.0 Å². The van der Waals surface area contributed by atoms with E-state index in [1.165, 1.54) is 44.9 Å². The number of amides is 2. The van der Waals surface area contributed by atoms with Gasteiger partial charge in [-0.25, -0.2) is 4.79 Å². The Balaban J connectivity index is 1.54. The van der Waals surface area contributed by atoms with Gasteiger partial charge in [-0.05, 0) is 42.8 Å². The summed E-state index contributed by atoms with van der Waals surface area (Å²) in [4.78, 5) is 12.0. The minimum Gasteiger partial charge on any atom is -0.497 e. The number of hydrogen-bond acceptors (Lipinski definition) is 4. The number of methoxy groups -OCH3 is 1. The highest BCUT2D eigenvalue weighted by molar-refractivity contribution is 5.89. The van der Waals surface area contributed by atoms with Gasteiger partial charge in [-0.3, -0.25) is 0 Å². The van der Waals surface area contributed by atoms with Crippen molar-refractivity contribution in [2.24, 2.45) is 0 Å². The van der Waals surface area contributed by atoms with E-state index >= 15 is 0 Å². The minimum absolute atomic E-state index is 0.271. The number of urea groups is 1. The molecule has 6 heteroatoms. The first-order valence-electron chi connectivity index (χ1n) is 11.8. The molecule has 0 aromatic heterocycles. The third-order valence-corrected chi connectivity index (χ3v) is 5.08. The molecular weight excluding hydrogens is 404 g/mol. The fraction of sp³-hybridized carbons (Fsp3) is 0.500. The van der Waals surface area contributed by atoms with E-state index in [9.17, 15) is 4.79 Å². The molecule has 0 aliphatic rings. The summed E-state index contributed by atoms with van der Waals surface area (Å²) >= 11 is 0. The van der Waals surface area contributed by atoms with Crippen LogP contribution in [0.15, 0.2) is 48.5 Å². The lowest BCUT2D eigenvalue weighted by molar-refractivity contribution is 0.247. The van der Waals surface area contributed by atoms with Gasteiger partial charge < -0.3 is 24.8 Å². The molecular formula is C26H38N2O4. The van der Waals surface area contributed by atoms with Crippen LogP contribution in [0.1, 0.15) is 58.3 Å². The molecule has 0 saturated heterocycles. The van der Waals surface area contributed by atoms with E-state index in [0.29, 0.717) is 18.9 Å². The monoisotopic (exact) mass is 442 g/mol. The number of anilines is 1. The zero-order chi connectivity index (χ0) is 22.9. The van der Waals surface area contributed by atoms with Crippen LogP contribution in [0.4, 0.5) is 10.5 Å². The molecule has 2 amide bonds. The minimum atomic E-state index is -0.271. The molecule has 2 aromatic rings. The highest BCUT2D eigenvalue weighted by Gasteiger charge is 2.03. The van der Waals surface area contributed by atoms with E-state index in [2.05, 4.69) is 17.6 Å². The maximum absolute atomic E-state index is 12.0. The van der Waals surface area contributed by atoms with Gasteiger partial charge in [-0.1, -0.05) is 57.9 Å². The summed E-state index contributed by atoms with van der Waals surface area (Å²) in [5.41, 5.74) is 0.718. The van der Waals surface area contributed by atoms with Gasteiger partial charge in [0.25, 0.3) is 0 Å². The van der Waals surface area contributed by atoms with Crippen LogP contribution in [-0.4, -0.2) is 32.9 Å². The highest BCUT2D eigenvalue weighted by atomic mass is 16.5. The number of carbonyl (C=O) groups excluding carboxylic acids is 1. The number of ether oxygens (including phenoxy) is 3. The summed E-state index contributed by atoms with van der Waals surface area (Å²) in [5.74, 6) is 2.26. The van der Waals surface area contributed by atoms with Crippen molar-refractivity contribution in [3.8, 4) is 17.2 Å². The van der Waals surface area contributed by atoms with Crippen LogP contribution in [0.2, 0.25) is 0 Å².